The van der Waals surface area contributed by atoms with Crippen molar-refractivity contribution in [1.29, 1.82) is 0 Å². The number of hydrogen-bond acceptors (Lipinski definition) is 7. The Bertz CT molecular complexity index is 602. The average Bonchev–Trinajstić information content (AvgIpc) is 2.94. The molecule has 1 aromatic heterocycles. The summed E-state index contributed by atoms with van der Waals surface area (Å²) in [7, 11) is 1.39. The molecule has 0 aliphatic carbocycles. The first-order valence-electron chi connectivity index (χ1n) is 6.47. The van der Waals surface area contributed by atoms with Gasteiger partial charge in [0.05, 0.1) is 20.1 Å². The van der Waals surface area contributed by atoms with Crippen molar-refractivity contribution in [3.63, 3.8) is 0 Å². The van der Waals surface area contributed by atoms with Crippen LogP contribution in [-0.2, 0) is 28.2 Å². The molecule has 0 saturated carbocycles. The number of carbonyl (C=O) groups excluding carboxylic acids is 1. The summed E-state index contributed by atoms with van der Waals surface area (Å²) in [6, 6.07) is 7.77. The zero-order valence-corrected chi connectivity index (χ0v) is 12.5. The number of aromatic nitrogens is 4. The van der Waals surface area contributed by atoms with E-state index in [9.17, 15) is 4.79 Å². The predicted molar refractivity (Wildman–Crippen MR) is 78.6 cm³/mol. The first kappa shape index (κ1) is 15.5. The maximum absolute atomic E-state index is 11.4. The van der Waals surface area contributed by atoms with E-state index < -0.39 is 0 Å². The number of hydrogen-bond donors (Lipinski definition) is 1. The third-order valence-corrected chi connectivity index (χ3v) is 3.88. The van der Waals surface area contributed by atoms with Crippen molar-refractivity contribution in [3.8, 4) is 0 Å². The standard InChI is InChI=1S/C13H17N5O2S/c1-20-12(19)8-10-4-2-3-5-11(10)9-21-13-15-16-17-18(13)7-6-14/h2-5H,6-9,14H2,1H3. The highest BCUT2D eigenvalue weighted by atomic mass is 32.2. The van der Waals surface area contributed by atoms with Gasteiger partial charge in [0.1, 0.15) is 0 Å². The van der Waals surface area contributed by atoms with Crippen molar-refractivity contribution in [2.75, 3.05) is 13.7 Å². The van der Waals surface area contributed by atoms with Crippen LogP contribution in [0, 0.1) is 0 Å². The van der Waals surface area contributed by atoms with E-state index in [1.165, 1.54) is 18.9 Å². The molecule has 1 heterocycles. The van der Waals surface area contributed by atoms with Crippen LogP contribution in [0.1, 0.15) is 11.1 Å². The topological polar surface area (TPSA) is 95.9 Å². The van der Waals surface area contributed by atoms with Crippen LogP contribution >= 0.6 is 11.8 Å². The third kappa shape index (κ3) is 4.27. The van der Waals surface area contributed by atoms with E-state index in [2.05, 4.69) is 15.5 Å². The van der Waals surface area contributed by atoms with E-state index >= 15 is 0 Å². The summed E-state index contributed by atoms with van der Waals surface area (Å²) in [5.74, 6) is 0.429. The van der Waals surface area contributed by atoms with Crippen LogP contribution in [0.5, 0.6) is 0 Å². The van der Waals surface area contributed by atoms with Crippen molar-refractivity contribution in [2.45, 2.75) is 23.9 Å². The van der Waals surface area contributed by atoms with Crippen LogP contribution in [0.4, 0.5) is 0 Å². The molecular weight excluding hydrogens is 290 g/mol. The summed E-state index contributed by atoms with van der Waals surface area (Å²) in [6.07, 6.45) is 0.265. The van der Waals surface area contributed by atoms with Crippen LogP contribution in [-0.4, -0.2) is 39.8 Å². The Morgan fingerprint density at radius 2 is 2.14 bits per heavy atom. The minimum atomic E-state index is -0.250. The van der Waals surface area contributed by atoms with Gasteiger partial charge in [-0.15, -0.1) is 5.10 Å². The summed E-state index contributed by atoms with van der Waals surface area (Å²) < 4.78 is 6.39. The number of nitrogens with two attached hydrogens (primary N) is 1. The molecule has 0 saturated heterocycles. The Balaban J connectivity index is 2.05. The molecule has 0 amide bonds. The molecule has 0 atom stereocenters. The van der Waals surface area contributed by atoms with Gasteiger partial charge in [0.25, 0.3) is 0 Å². The lowest BCUT2D eigenvalue weighted by molar-refractivity contribution is -0.139. The molecule has 0 aliphatic rings. The number of thioether (sulfide) groups is 1. The average molecular weight is 307 g/mol. The first-order valence-corrected chi connectivity index (χ1v) is 7.45. The molecule has 2 rings (SSSR count). The third-order valence-electron chi connectivity index (χ3n) is 2.88. The quantitative estimate of drug-likeness (QED) is 0.592. The molecule has 2 aromatic rings. The van der Waals surface area contributed by atoms with Gasteiger partial charge in [-0.1, -0.05) is 36.0 Å². The number of esters is 1. The van der Waals surface area contributed by atoms with E-state index in [4.69, 9.17) is 10.5 Å². The largest absolute Gasteiger partial charge is 0.469 e. The summed E-state index contributed by atoms with van der Waals surface area (Å²) in [5, 5.41) is 12.2. The number of nitrogens with zero attached hydrogens (tertiary/aromatic N) is 4. The number of methoxy groups -OCH3 is 1. The maximum atomic E-state index is 11.4. The molecule has 2 N–H and O–H groups in total. The van der Waals surface area contributed by atoms with Crippen LogP contribution < -0.4 is 5.73 Å². The van der Waals surface area contributed by atoms with E-state index in [1.54, 1.807) is 4.68 Å². The predicted octanol–water partition coefficient (Wildman–Crippen LogP) is 0.640. The molecule has 8 heteroatoms. The van der Waals surface area contributed by atoms with Gasteiger partial charge in [0.15, 0.2) is 0 Å². The Kier molecular flexibility index (Phi) is 5.70. The van der Waals surface area contributed by atoms with E-state index in [1.807, 2.05) is 24.3 Å². The van der Waals surface area contributed by atoms with Crippen LogP contribution in [0.15, 0.2) is 29.4 Å². The molecule has 1 aromatic carbocycles. The normalized spacial score (nSPS) is 10.6. The Hall–Kier alpha value is -1.93. The summed E-state index contributed by atoms with van der Waals surface area (Å²) in [4.78, 5) is 11.4. The summed E-state index contributed by atoms with van der Waals surface area (Å²) in [6.45, 7) is 1.07. The highest BCUT2D eigenvalue weighted by molar-refractivity contribution is 7.98. The fraction of sp³-hybridized carbons (Fsp3) is 0.385. The summed E-state index contributed by atoms with van der Waals surface area (Å²) >= 11 is 1.51. The fourth-order valence-electron chi connectivity index (χ4n) is 1.80. The highest BCUT2D eigenvalue weighted by Crippen LogP contribution is 2.22. The first-order chi connectivity index (χ1) is 10.2. The van der Waals surface area contributed by atoms with Crippen LogP contribution in [0.25, 0.3) is 0 Å². The molecule has 0 fully saturated rings. The van der Waals surface area contributed by atoms with Gasteiger partial charge in [-0.25, -0.2) is 4.68 Å². The number of rotatable bonds is 7. The number of ether oxygens (including phenoxy) is 1. The van der Waals surface area contributed by atoms with Gasteiger partial charge in [-0.3, -0.25) is 4.79 Å². The number of tetrazole rings is 1. The Morgan fingerprint density at radius 3 is 2.86 bits per heavy atom. The van der Waals surface area contributed by atoms with Crippen molar-refractivity contribution in [3.05, 3.63) is 35.4 Å². The second kappa shape index (κ2) is 7.75. The minimum Gasteiger partial charge on any atom is -0.469 e. The Labute approximate surface area is 126 Å². The second-order valence-electron chi connectivity index (χ2n) is 4.28. The van der Waals surface area contributed by atoms with Gasteiger partial charge in [0, 0.05) is 12.3 Å². The molecule has 21 heavy (non-hydrogen) atoms. The lowest BCUT2D eigenvalue weighted by Gasteiger charge is -2.08. The van der Waals surface area contributed by atoms with Crippen molar-refractivity contribution in [2.24, 2.45) is 5.73 Å². The molecular formula is C13H17N5O2S. The molecule has 112 valence electrons. The molecule has 0 aliphatic heterocycles. The van der Waals surface area contributed by atoms with Crippen LogP contribution in [0.2, 0.25) is 0 Å². The zero-order chi connectivity index (χ0) is 15.1. The maximum Gasteiger partial charge on any atom is 0.309 e. The Morgan fingerprint density at radius 1 is 1.38 bits per heavy atom. The molecule has 0 unspecified atom stereocenters. The van der Waals surface area contributed by atoms with Gasteiger partial charge in [0.2, 0.25) is 5.16 Å². The molecule has 0 spiro atoms. The summed E-state index contributed by atoms with van der Waals surface area (Å²) in [5.41, 5.74) is 7.53. The van der Waals surface area contributed by atoms with Gasteiger partial charge >= 0.3 is 5.97 Å². The minimum absolute atomic E-state index is 0.250. The van der Waals surface area contributed by atoms with Crippen molar-refractivity contribution >= 4 is 17.7 Å². The van der Waals surface area contributed by atoms with Crippen molar-refractivity contribution < 1.29 is 9.53 Å². The number of benzene rings is 1. The lowest BCUT2D eigenvalue weighted by Crippen LogP contribution is -2.12. The second-order valence-corrected chi connectivity index (χ2v) is 5.23. The SMILES string of the molecule is COC(=O)Cc1ccccc1CSc1nnnn1CCN. The van der Waals surface area contributed by atoms with Crippen LogP contribution in [0.3, 0.4) is 0 Å². The molecule has 7 nitrogen and oxygen atoms in total. The van der Waals surface area contributed by atoms with Gasteiger partial charge < -0.3 is 10.5 Å². The monoisotopic (exact) mass is 307 g/mol. The number of carbonyl (C=O) groups is 1. The zero-order valence-electron chi connectivity index (χ0n) is 11.7. The lowest BCUT2D eigenvalue weighted by atomic mass is 10.1. The van der Waals surface area contributed by atoms with E-state index in [-0.39, 0.29) is 12.4 Å². The van der Waals surface area contributed by atoms with E-state index in [0.29, 0.717) is 24.0 Å². The van der Waals surface area contributed by atoms with Gasteiger partial charge in [-0.05, 0) is 21.6 Å². The highest BCUT2D eigenvalue weighted by Gasteiger charge is 2.11. The smallest absolute Gasteiger partial charge is 0.309 e. The fourth-order valence-corrected chi connectivity index (χ4v) is 2.74. The van der Waals surface area contributed by atoms with Crippen molar-refractivity contribution in [1.82, 2.24) is 20.2 Å². The van der Waals surface area contributed by atoms with Gasteiger partial charge in [-0.2, -0.15) is 0 Å². The van der Waals surface area contributed by atoms with E-state index in [0.717, 1.165) is 11.1 Å². The molecule has 0 bridgehead atoms. The molecule has 0 radical (unpaired) electrons.